The molecule has 5 aromatic rings. The first-order chi connectivity index (χ1) is 29.4. The van der Waals surface area contributed by atoms with Crippen LogP contribution < -0.4 is 0 Å². The van der Waals surface area contributed by atoms with Gasteiger partial charge in [-0.2, -0.15) is 0 Å². The molecule has 0 unspecified atom stereocenters. The number of phenolic OH excluding ortho intramolecular Hbond substituents is 2. The van der Waals surface area contributed by atoms with E-state index in [0.29, 0.717) is 11.5 Å². The van der Waals surface area contributed by atoms with Gasteiger partial charge in [-0.15, -0.1) is 0 Å². The maximum Gasteiger partial charge on any atom is 0.127 e. The van der Waals surface area contributed by atoms with Crippen LogP contribution in [0.15, 0.2) is 78.9 Å². The third-order valence-corrected chi connectivity index (χ3v) is 17.4. The van der Waals surface area contributed by atoms with Crippen molar-refractivity contribution in [3.63, 3.8) is 0 Å². The van der Waals surface area contributed by atoms with Crippen molar-refractivity contribution in [2.75, 3.05) is 0 Å². The van der Waals surface area contributed by atoms with Crippen LogP contribution in [0.4, 0.5) is 0 Å². The number of rotatable bonds is 6. The first-order valence-electron chi connectivity index (χ1n) is 24.4. The van der Waals surface area contributed by atoms with Gasteiger partial charge in [-0.1, -0.05) is 95.1 Å². The Hall–Kier alpha value is -3.50. The molecule has 8 fully saturated rings. The second kappa shape index (κ2) is 16.9. The number of phenols is 2. The van der Waals surface area contributed by atoms with Crippen LogP contribution in [0.5, 0.6) is 11.5 Å². The Bertz CT molecular complexity index is 2370. The van der Waals surface area contributed by atoms with Gasteiger partial charge in [0.05, 0.1) is 11.4 Å². The predicted octanol–water partition coefficient (Wildman–Crippen LogP) is 16.2. The van der Waals surface area contributed by atoms with Crippen LogP contribution in [0.25, 0.3) is 44.8 Å². The average molecular weight is 1030 g/mol. The van der Waals surface area contributed by atoms with E-state index in [0.717, 1.165) is 80.3 Å². The van der Waals surface area contributed by atoms with Crippen molar-refractivity contribution < 1.29 is 36.1 Å². The summed E-state index contributed by atoms with van der Waals surface area (Å²) in [7, 11) is 0. The molecule has 2 N–H and O–H groups in total. The van der Waals surface area contributed by atoms with Crippen molar-refractivity contribution in [1.29, 1.82) is 0 Å². The molecule has 13 rings (SSSR count). The first kappa shape index (κ1) is 48.0. The number of nitrogens with zero attached hydrogens (tertiary/aromatic N) is 1. The molecule has 8 saturated carbocycles. The van der Waals surface area contributed by atoms with Crippen molar-refractivity contribution in [3.05, 3.63) is 127 Å². The molecule has 8 aliphatic carbocycles. The van der Waals surface area contributed by atoms with Crippen LogP contribution in [-0.4, -0.2) is 15.2 Å². The summed E-state index contributed by atoms with van der Waals surface area (Å²) in [5.74, 6) is 5.69. The number of benzene rings is 4. The van der Waals surface area contributed by atoms with Crippen molar-refractivity contribution in [2.24, 2.45) is 35.5 Å². The van der Waals surface area contributed by atoms with Crippen molar-refractivity contribution in [2.45, 2.75) is 154 Å². The minimum Gasteiger partial charge on any atom is -0.507 e. The topological polar surface area (TPSA) is 53.4 Å². The van der Waals surface area contributed by atoms with E-state index in [9.17, 15) is 10.2 Å². The third-order valence-electron chi connectivity index (χ3n) is 17.4. The summed E-state index contributed by atoms with van der Waals surface area (Å²) in [6.07, 6.45) is 15.5. The molecule has 0 radical (unpaired) electrons. The summed E-state index contributed by atoms with van der Waals surface area (Å²) < 4.78 is 0. The Balaban J connectivity index is 0.00000192. The summed E-state index contributed by atoms with van der Waals surface area (Å²) in [5.41, 5.74) is 15.1. The smallest absolute Gasteiger partial charge is 0.127 e. The minimum absolute atomic E-state index is 0. The quantitative estimate of drug-likeness (QED) is 0.132. The molecule has 0 atom stereocenters. The molecule has 0 amide bonds. The van der Waals surface area contributed by atoms with Crippen LogP contribution in [0, 0.1) is 64.2 Å². The zero-order valence-electron chi connectivity index (χ0n) is 41.3. The molecule has 342 valence electrons. The van der Waals surface area contributed by atoms with Gasteiger partial charge in [-0.3, -0.25) is 0 Å². The summed E-state index contributed by atoms with van der Waals surface area (Å²) in [6.45, 7) is 18.2. The zero-order chi connectivity index (χ0) is 43.1. The molecule has 8 aliphatic rings. The Morgan fingerprint density at radius 1 is 0.446 bits per heavy atom. The van der Waals surface area contributed by atoms with Crippen LogP contribution in [-0.2, 0) is 47.5 Å². The Labute approximate surface area is 411 Å². The van der Waals surface area contributed by atoms with Crippen molar-refractivity contribution in [3.8, 4) is 56.3 Å². The Morgan fingerprint density at radius 3 is 1.08 bits per heavy atom. The fourth-order valence-electron chi connectivity index (χ4n) is 15.2. The van der Waals surface area contributed by atoms with Gasteiger partial charge in [-0.05, 0) is 207 Å². The molecule has 65 heavy (non-hydrogen) atoms. The van der Waals surface area contributed by atoms with Crippen LogP contribution >= 0.6 is 0 Å². The van der Waals surface area contributed by atoms with Gasteiger partial charge in [0.2, 0.25) is 0 Å². The van der Waals surface area contributed by atoms with Gasteiger partial charge in [0.25, 0.3) is 0 Å². The van der Waals surface area contributed by atoms with Crippen molar-refractivity contribution >= 4 is 0 Å². The van der Waals surface area contributed by atoms with E-state index in [1.165, 1.54) is 110 Å². The van der Waals surface area contributed by atoms with Gasteiger partial charge >= 0.3 is 0 Å². The van der Waals surface area contributed by atoms with E-state index in [4.69, 9.17) is 4.98 Å². The monoisotopic (exact) mass is 1030 g/mol. The van der Waals surface area contributed by atoms with Gasteiger partial charge in [0.15, 0.2) is 0 Å². The standard InChI is InChI=1S/C59H69NO2.2CH3.Hf/c1-34-12-14-44(48-24-42(56(3,4)5)26-50(54(48)61)58-28-36-18-37(29-58)20-38(19-36)30-58)46(16-34)52-10-9-11-53(60-52)47-17-35(2)13-15-45(47)49-25-43(57(6,7)8)27-51(55(49)62)59-31-39-21-40(32-59)23-41(22-39)33-59;;;/h9-17,24-27,36-41,61-62H,18-23,28-33H2,1-8H3;2*1H3;/q;2*-1;. The minimum atomic E-state index is -0.0739. The maximum atomic E-state index is 12.7. The molecule has 0 spiro atoms. The molecular formula is C61H75HfNO2-2. The van der Waals surface area contributed by atoms with Crippen molar-refractivity contribution in [1.82, 2.24) is 4.98 Å². The normalized spacial score (nSPS) is 28.4. The van der Waals surface area contributed by atoms with Gasteiger partial charge in [-0.25, -0.2) is 4.98 Å². The number of aromatic nitrogens is 1. The second-order valence-electron chi connectivity index (χ2n) is 24.2. The summed E-state index contributed by atoms with van der Waals surface area (Å²) in [5, 5.41) is 25.4. The molecular weight excluding hydrogens is 957 g/mol. The SMILES string of the molecule is Cc1ccc(-c2cc(C(C)(C)C)cc(C34CC5CC(CC(C5)C3)C4)c2O)c(-c2cccc(-c3cc(C)ccc3-c3cc(C(C)(C)C)cc(C45CC6CC(CC(C6)C4)C5)c3O)n2)c1.[CH3-].[CH3-].[Hf]. The molecule has 4 heteroatoms. The molecule has 0 saturated heterocycles. The molecule has 3 nitrogen and oxygen atoms in total. The van der Waals surface area contributed by atoms with Gasteiger partial charge in [0.1, 0.15) is 11.5 Å². The molecule has 0 aliphatic heterocycles. The number of aromatic hydroxyl groups is 2. The number of aryl methyl sites for hydroxylation is 2. The Kier molecular flexibility index (Phi) is 12.5. The Morgan fingerprint density at radius 2 is 0.769 bits per heavy atom. The number of pyridine rings is 1. The van der Waals surface area contributed by atoms with E-state index >= 15 is 0 Å². The van der Waals surface area contributed by atoms with E-state index in [2.05, 4.69) is 134 Å². The fourth-order valence-corrected chi connectivity index (χ4v) is 15.2. The zero-order valence-corrected chi connectivity index (χ0v) is 44.9. The summed E-state index contributed by atoms with van der Waals surface area (Å²) >= 11 is 0. The third kappa shape index (κ3) is 8.24. The molecule has 8 bridgehead atoms. The fraction of sp³-hybridized carbons (Fsp3) is 0.492. The van der Waals surface area contributed by atoms with E-state index in [1.54, 1.807) is 0 Å². The van der Waals surface area contributed by atoms with E-state index in [-0.39, 0.29) is 62.4 Å². The average Bonchev–Trinajstić information content (AvgIpc) is 3.19. The summed E-state index contributed by atoms with van der Waals surface area (Å²) in [6, 6.07) is 29.2. The van der Waals surface area contributed by atoms with Gasteiger partial charge < -0.3 is 25.1 Å². The van der Waals surface area contributed by atoms with Crippen LogP contribution in [0.2, 0.25) is 0 Å². The molecule has 4 aromatic carbocycles. The van der Waals surface area contributed by atoms with Crippen LogP contribution in [0.3, 0.4) is 0 Å². The maximum absolute atomic E-state index is 12.7. The van der Waals surface area contributed by atoms with Crippen LogP contribution in [0.1, 0.15) is 152 Å². The molecule has 1 aromatic heterocycles. The van der Waals surface area contributed by atoms with Gasteiger partial charge in [0, 0.05) is 59.2 Å². The largest absolute Gasteiger partial charge is 0.507 e. The first-order valence-corrected chi connectivity index (χ1v) is 24.4. The summed E-state index contributed by atoms with van der Waals surface area (Å²) in [4.78, 5) is 5.56. The number of hydrogen-bond acceptors (Lipinski definition) is 3. The van der Waals surface area contributed by atoms with E-state index in [1.807, 2.05) is 0 Å². The number of hydrogen-bond donors (Lipinski definition) is 2. The second-order valence-corrected chi connectivity index (χ2v) is 24.2. The predicted molar refractivity (Wildman–Crippen MR) is 269 cm³/mol. The molecule has 1 heterocycles. The van der Waals surface area contributed by atoms with E-state index < -0.39 is 0 Å².